The van der Waals surface area contributed by atoms with Gasteiger partial charge in [-0.05, 0) is 37.8 Å². The van der Waals surface area contributed by atoms with Crippen molar-refractivity contribution < 1.29 is 4.79 Å². The topological polar surface area (TPSA) is 20.3 Å². The number of likely N-dealkylation sites (N-methyl/N-ethyl adjacent to an activating group) is 1. The summed E-state index contributed by atoms with van der Waals surface area (Å²) in [6.45, 7) is 3.71. The molecule has 0 radical (unpaired) electrons. The Balaban J connectivity index is 1.96. The lowest BCUT2D eigenvalue weighted by Crippen LogP contribution is -2.40. The van der Waals surface area contributed by atoms with Crippen LogP contribution in [0.4, 0.5) is 0 Å². The van der Waals surface area contributed by atoms with E-state index in [9.17, 15) is 4.79 Å². The number of benzene rings is 1. The smallest absolute Gasteiger partial charge is 0.176 e. The molecule has 0 spiro atoms. The van der Waals surface area contributed by atoms with Gasteiger partial charge < -0.3 is 0 Å². The summed E-state index contributed by atoms with van der Waals surface area (Å²) in [5, 5.41) is 0. The fraction of sp³-hybridized carbons (Fsp3) is 0.588. The van der Waals surface area contributed by atoms with Crippen LogP contribution < -0.4 is 0 Å². The van der Waals surface area contributed by atoms with E-state index in [4.69, 9.17) is 0 Å². The van der Waals surface area contributed by atoms with E-state index >= 15 is 0 Å². The van der Waals surface area contributed by atoms with E-state index in [1.807, 2.05) is 24.3 Å². The normalized spacial score (nSPS) is 16.6. The second-order valence-corrected chi connectivity index (χ2v) is 6.39. The molecule has 0 unspecified atom stereocenters. The lowest BCUT2D eigenvalue weighted by molar-refractivity contribution is 0.0868. The van der Waals surface area contributed by atoms with Crippen molar-refractivity contribution in [3.05, 3.63) is 29.8 Å². The molecule has 3 heteroatoms. The molecule has 2 nitrogen and oxygen atoms in total. The van der Waals surface area contributed by atoms with Crippen LogP contribution in [0.3, 0.4) is 0 Å². The molecule has 0 heterocycles. The minimum atomic E-state index is 0.255. The van der Waals surface area contributed by atoms with Gasteiger partial charge in [-0.25, -0.2) is 0 Å². The molecular weight excluding hydrogens is 266 g/mol. The molecule has 0 amide bonds. The first-order valence-corrected chi connectivity index (χ1v) is 8.88. The molecule has 1 aliphatic carbocycles. The Bertz CT molecular complexity index is 423. The van der Waals surface area contributed by atoms with Gasteiger partial charge in [0.25, 0.3) is 0 Å². The number of rotatable bonds is 6. The molecule has 1 aromatic rings. The van der Waals surface area contributed by atoms with Crippen LogP contribution in [0.1, 0.15) is 49.4 Å². The van der Waals surface area contributed by atoms with E-state index in [-0.39, 0.29) is 5.78 Å². The van der Waals surface area contributed by atoms with Gasteiger partial charge in [0.2, 0.25) is 0 Å². The summed E-state index contributed by atoms with van der Waals surface area (Å²) in [6, 6.07) is 8.61. The molecule has 0 saturated heterocycles. The van der Waals surface area contributed by atoms with Gasteiger partial charge in [0.05, 0.1) is 6.54 Å². The van der Waals surface area contributed by atoms with E-state index in [1.165, 1.54) is 37.0 Å². The predicted molar refractivity (Wildman–Crippen MR) is 86.7 cm³/mol. The van der Waals surface area contributed by atoms with Crippen LogP contribution in [0.15, 0.2) is 29.2 Å². The van der Waals surface area contributed by atoms with Crippen molar-refractivity contribution in [3.63, 3.8) is 0 Å². The quantitative estimate of drug-likeness (QED) is 0.577. The zero-order chi connectivity index (χ0) is 14.4. The first kappa shape index (κ1) is 15.6. The predicted octanol–water partition coefficient (Wildman–Crippen LogP) is 4.25. The molecule has 1 saturated carbocycles. The van der Waals surface area contributed by atoms with Gasteiger partial charge in [0.1, 0.15) is 0 Å². The Morgan fingerprint density at radius 2 is 1.85 bits per heavy atom. The Morgan fingerprint density at radius 3 is 2.40 bits per heavy atom. The summed E-state index contributed by atoms with van der Waals surface area (Å²) in [7, 11) is 0. The standard InChI is InChI=1S/C17H25NOS/c1-3-18(15-7-5-4-6-8-15)13-17(19)14-9-11-16(20-2)12-10-14/h9-12,15H,3-8,13H2,1-2H3. The van der Waals surface area contributed by atoms with Gasteiger partial charge in [-0.1, -0.05) is 38.3 Å². The summed E-state index contributed by atoms with van der Waals surface area (Å²) in [5.74, 6) is 0.255. The number of nitrogens with zero attached hydrogens (tertiary/aromatic N) is 1. The lowest BCUT2D eigenvalue weighted by Gasteiger charge is -2.33. The Labute approximate surface area is 126 Å². The van der Waals surface area contributed by atoms with Crippen molar-refractivity contribution in [2.75, 3.05) is 19.3 Å². The number of carbonyl (C=O) groups is 1. The van der Waals surface area contributed by atoms with E-state index in [0.717, 1.165) is 12.1 Å². The highest BCUT2D eigenvalue weighted by Crippen LogP contribution is 2.23. The molecule has 0 N–H and O–H groups in total. The van der Waals surface area contributed by atoms with Crippen LogP contribution in [0.2, 0.25) is 0 Å². The second kappa shape index (κ2) is 7.84. The highest BCUT2D eigenvalue weighted by Gasteiger charge is 2.22. The van der Waals surface area contributed by atoms with Crippen molar-refractivity contribution in [1.82, 2.24) is 4.90 Å². The summed E-state index contributed by atoms with van der Waals surface area (Å²) >= 11 is 1.71. The van der Waals surface area contributed by atoms with E-state index in [0.29, 0.717) is 12.6 Å². The van der Waals surface area contributed by atoms with Crippen molar-refractivity contribution >= 4 is 17.5 Å². The van der Waals surface area contributed by atoms with Crippen LogP contribution in [0.25, 0.3) is 0 Å². The highest BCUT2D eigenvalue weighted by molar-refractivity contribution is 7.98. The SMILES string of the molecule is CCN(CC(=O)c1ccc(SC)cc1)C1CCCCC1. The van der Waals surface area contributed by atoms with Gasteiger partial charge in [-0.3, -0.25) is 9.69 Å². The molecule has 20 heavy (non-hydrogen) atoms. The summed E-state index contributed by atoms with van der Waals surface area (Å²) in [4.78, 5) is 16.0. The second-order valence-electron chi connectivity index (χ2n) is 5.51. The fourth-order valence-electron chi connectivity index (χ4n) is 3.00. The number of thioether (sulfide) groups is 1. The number of hydrogen-bond donors (Lipinski definition) is 0. The van der Waals surface area contributed by atoms with Crippen molar-refractivity contribution in [2.24, 2.45) is 0 Å². The molecule has 1 fully saturated rings. The van der Waals surface area contributed by atoms with Crippen molar-refractivity contribution in [1.29, 1.82) is 0 Å². The number of carbonyl (C=O) groups excluding carboxylic acids is 1. The first-order chi connectivity index (χ1) is 9.74. The fourth-order valence-corrected chi connectivity index (χ4v) is 3.41. The molecule has 0 aliphatic heterocycles. The third-order valence-corrected chi connectivity index (χ3v) is 5.00. The van der Waals surface area contributed by atoms with Gasteiger partial charge in [-0.2, -0.15) is 0 Å². The zero-order valence-corrected chi connectivity index (χ0v) is 13.4. The molecule has 110 valence electrons. The minimum absolute atomic E-state index is 0.255. The van der Waals surface area contributed by atoms with Gasteiger partial charge in [0, 0.05) is 16.5 Å². The monoisotopic (exact) mass is 291 g/mol. The van der Waals surface area contributed by atoms with Crippen LogP contribution >= 0.6 is 11.8 Å². The zero-order valence-electron chi connectivity index (χ0n) is 12.6. The summed E-state index contributed by atoms with van der Waals surface area (Å²) in [5.41, 5.74) is 0.844. The van der Waals surface area contributed by atoms with Crippen molar-refractivity contribution in [2.45, 2.75) is 50.0 Å². The molecule has 0 bridgehead atoms. The van der Waals surface area contributed by atoms with Crippen LogP contribution in [-0.2, 0) is 0 Å². The van der Waals surface area contributed by atoms with Gasteiger partial charge in [0.15, 0.2) is 5.78 Å². The number of Topliss-reactive ketones (excluding diaryl/α,β-unsaturated/α-hetero) is 1. The molecule has 0 aromatic heterocycles. The third kappa shape index (κ3) is 4.10. The molecule has 0 atom stereocenters. The average Bonchev–Trinajstić information content (AvgIpc) is 2.53. The first-order valence-electron chi connectivity index (χ1n) is 7.66. The van der Waals surface area contributed by atoms with E-state index in [2.05, 4.69) is 18.1 Å². The van der Waals surface area contributed by atoms with Gasteiger partial charge in [-0.15, -0.1) is 11.8 Å². The van der Waals surface area contributed by atoms with Crippen LogP contribution in [0.5, 0.6) is 0 Å². The summed E-state index contributed by atoms with van der Waals surface area (Å²) < 4.78 is 0. The molecule has 1 aliphatic rings. The maximum atomic E-state index is 12.4. The Hall–Kier alpha value is -0.800. The van der Waals surface area contributed by atoms with Gasteiger partial charge >= 0.3 is 0 Å². The Morgan fingerprint density at radius 1 is 1.20 bits per heavy atom. The third-order valence-electron chi connectivity index (χ3n) is 4.26. The summed E-state index contributed by atoms with van der Waals surface area (Å²) in [6.07, 6.45) is 8.56. The van der Waals surface area contributed by atoms with E-state index in [1.54, 1.807) is 11.8 Å². The lowest BCUT2D eigenvalue weighted by atomic mass is 9.94. The Kier molecular flexibility index (Phi) is 6.11. The average molecular weight is 291 g/mol. The largest absolute Gasteiger partial charge is 0.293 e. The number of hydrogen-bond acceptors (Lipinski definition) is 3. The highest BCUT2D eigenvalue weighted by atomic mass is 32.2. The molecular formula is C17H25NOS. The number of ketones is 1. The minimum Gasteiger partial charge on any atom is -0.293 e. The molecule has 2 rings (SSSR count). The molecule has 1 aromatic carbocycles. The van der Waals surface area contributed by atoms with E-state index < -0.39 is 0 Å². The maximum Gasteiger partial charge on any atom is 0.176 e. The van der Waals surface area contributed by atoms with Crippen LogP contribution in [0, 0.1) is 0 Å². The van der Waals surface area contributed by atoms with Crippen molar-refractivity contribution in [3.8, 4) is 0 Å². The van der Waals surface area contributed by atoms with Crippen LogP contribution in [-0.4, -0.2) is 36.1 Å². The maximum absolute atomic E-state index is 12.4.